The van der Waals surface area contributed by atoms with Crippen molar-refractivity contribution in [3.05, 3.63) is 29.8 Å². The number of carbonyl (C=O) groups is 1. The molecule has 0 unspecified atom stereocenters. The van der Waals surface area contributed by atoms with Gasteiger partial charge in [-0.2, -0.15) is 5.26 Å². The van der Waals surface area contributed by atoms with Crippen molar-refractivity contribution in [1.29, 1.82) is 5.26 Å². The second kappa shape index (κ2) is 7.76. The molecular formula is C14H19N3O3S. The van der Waals surface area contributed by atoms with Gasteiger partial charge in [0.15, 0.2) is 0 Å². The predicted octanol–water partition coefficient (Wildman–Crippen LogP) is 0.863. The molecule has 0 saturated carbocycles. The molecule has 0 aliphatic carbocycles. The first-order valence-electron chi connectivity index (χ1n) is 6.46. The standard InChI is InChI=1S/C14H19N3O3S/c1-17(9-10-21(2,19)20)8-7-14(18)16-13-5-3-12(11-15)4-6-13/h3-6H,7-10H2,1-2H3,(H,16,18). The van der Waals surface area contributed by atoms with E-state index in [4.69, 9.17) is 5.26 Å². The van der Waals surface area contributed by atoms with Gasteiger partial charge in [-0.05, 0) is 31.3 Å². The van der Waals surface area contributed by atoms with Crippen molar-refractivity contribution in [3.63, 3.8) is 0 Å². The molecule has 7 heteroatoms. The Kier molecular flexibility index (Phi) is 6.34. The molecule has 0 radical (unpaired) electrons. The molecule has 0 atom stereocenters. The van der Waals surface area contributed by atoms with Gasteiger partial charge in [0.25, 0.3) is 0 Å². The molecule has 114 valence electrons. The van der Waals surface area contributed by atoms with Gasteiger partial charge in [0.05, 0.1) is 17.4 Å². The molecule has 1 N–H and O–H groups in total. The number of nitrogens with zero attached hydrogens (tertiary/aromatic N) is 2. The van der Waals surface area contributed by atoms with E-state index in [2.05, 4.69) is 5.32 Å². The van der Waals surface area contributed by atoms with Crippen molar-refractivity contribution in [3.8, 4) is 6.07 Å². The van der Waals surface area contributed by atoms with Crippen LogP contribution in [0, 0.1) is 11.3 Å². The van der Waals surface area contributed by atoms with Crippen LogP contribution in [0.1, 0.15) is 12.0 Å². The summed E-state index contributed by atoms with van der Waals surface area (Å²) in [6.07, 6.45) is 1.47. The Labute approximate surface area is 125 Å². The average Bonchev–Trinajstić information content (AvgIpc) is 2.43. The molecule has 0 bridgehead atoms. The summed E-state index contributed by atoms with van der Waals surface area (Å²) in [5, 5.41) is 11.4. The molecule has 1 amide bonds. The Morgan fingerprint density at radius 2 is 1.90 bits per heavy atom. The third kappa shape index (κ3) is 7.44. The van der Waals surface area contributed by atoms with E-state index < -0.39 is 9.84 Å². The first-order valence-corrected chi connectivity index (χ1v) is 8.52. The fourth-order valence-electron chi connectivity index (χ4n) is 1.58. The highest BCUT2D eigenvalue weighted by Crippen LogP contribution is 2.09. The number of rotatable bonds is 7. The number of benzene rings is 1. The van der Waals surface area contributed by atoms with Crippen LogP contribution < -0.4 is 5.32 Å². The summed E-state index contributed by atoms with van der Waals surface area (Å²) in [6.45, 7) is 0.889. The van der Waals surface area contributed by atoms with E-state index >= 15 is 0 Å². The lowest BCUT2D eigenvalue weighted by molar-refractivity contribution is -0.116. The van der Waals surface area contributed by atoms with Crippen molar-refractivity contribution < 1.29 is 13.2 Å². The van der Waals surface area contributed by atoms with Crippen molar-refractivity contribution in [1.82, 2.24) is 4.90 Å². The van der Waals surface area contributed by atoms with Crippen molar-refractivity contribution in [2.45, 2.75) is 6.42 Å². The molecule has 6 nitrogen and oxygen atoms in total. The molecule has 0 aliphatic heterocycles. The third-order valence-electron chi connectivity index (χ3n) is 2.86. The van der Waals surface area contributed by atoms with E-state index in [1.165, 1.54) is 6.26 Å². The second-order valence-corrected chi connectivity index (χ2v) is 7.18. The van der Waals surface area contributed by atoms with Gasteiger partial charge in [0, 0.05) is 31.5 Å². The highest BCUT2D eigenvalue weighted by atomic mass is 32.2. The molecule has 0 saturated heterocycles. The first-order chi connectivity index (χ1) is 9.80. The summed E-state index contributed by atoms with van der Waals surface area (Å²) >= 11 is 0. The number of anilines is 1. The molecule has 21 heavy (non-hydrogen) atoms. The highest BCUT2D eigenvalue weighted by molar-refractivity contribution is 7.90. The highest BCUT2D eigenvalue weighted by Gasteiger charge is 2.08. The summed E-state index contributed by atoms with van der Waals surface area (Å²) in [6, 6.07) is 8.61. The molecule has 0 aromatic heterocycles. The Morgan fingerprint density at radius 3 is 2.43 bits per heavy atom. The van der Waals surface area contributed by atoms with E-state index in [1.54, 1.807) is 36.2 Å². The minimum Gasteiger partial charge on any atom is -0.326 e. The van der Waals surface area contributed by atoms with Crippen LogP contribution in [0.2, 0.25) is 0 Å². The smallest absolute Gasteiger partial charge is 0.225 e. The number of hydrogen-bond donors (Lipinski definition) is 1. The topological polar surface area (TPSA) is 90.3 Å². The summed E-state index contributed by atoms with van der Waals surface area (Å²) in [5.74, 6) is -0.0632. The molecule has 0 heterocycles. The summed E-state index contributed by atoms with van der Waals surface area (Å²) in [4.78, 5) is 13.6. The maximum atomic E-state index is 11.8. The van der Waals surface area contributed by atoms with Gasteiger partial charge in [-0.1, -0.05) is 0 Å². The van der Waals surface area contributed by atoms with Crippen LogP contribution in [0.3, 0.4) is 0 Å². The van der Waals surface area contributed by atoms with Gasteiger partial charge >= 0.3 is 0 Å². The molecular weight excluding hydrogens is 290 g/mol. The van der Waals surface area contributed by atoms with Crippen molar-refractivity contribution in [2.75, 3.05) is 37.5 Å². The van der Waals surface area contributed by atoms with Gasteiger partial charge < -0.3 is 10.2 Å². The zero-order valence-electron chi connectivity index (χ0n) is 12.2. The lowest BCUT2D eigenvalue weighted by Gasteiger charge is -2.15. The summed E-state index contributed by atoms with van der Waals surface area (Å²) < 4.78 is 22.1. The van der Waals surface area contributed by atoms with Gasteiger partial charge in [-0.3, -0.25) is 4.79 Å². The van der Waals surface area contributed by atoms with Crippen LogP contribution >= 0.6 is 0 Å². The van der Waals surface area contributed by atoms with Gasteiger partial charge in [-0.15, -0.1) is 0 Å². The van der Waals surface area contributed by atoms with E-state index in [9.17, 15) is 13.2 Å². The second-order valence-electron chi connectivity index (χ2n) is 4.92. The molecule has 0 fully saturated rings. The van der Waals surface area contributed by atoms with E-state index in [0.717, 1.165) is 0 Å². The normalized spacial score (nSPS) is 11.1. The monoisotopic (exact) mass is 309 g/mol. The van der Waals surface area contributed by atoms with Gasteiger partial charge in [0.2, 0.25) is 5.91 Å². The Morgan fingerprint density at radius 1 is 1.29 bits per heavy atom. The zero-order chi connectivity index (χ0) is 15.9. The average molecular weight is 309 g/mol. The fraction of sp³-hybridized carbons (Fsp3) is 0.429. The number of nitriles is 1. The predicted molar refractivity (Wildman–Crippen MR) is 81.6 cm³/mol. The maximum absolute atomic E-state index is 11.8. The van der Waals surface area contributed by atoms with E-state index in [1.807, 2.05) is 6.07 Å². The molecule has 1 rings (SSSR count). The van der Waals surface area contributed by atoms with Crippen LogP contribution in [0.5, 0.6) is 0 Å². The lowest BCUT2D eigenvalue weighted by Crippen LogP contribution is -2.28. The number of sulfone groups is 1. The quantitative estimate of drug-likeness (QED) is 0.807. The minimum atomic E-state index is -2.98. The number of hydrogen-bond acceptors (Lipinski definition) is 5. The van der Waals surface area contributed by atoms with Crippen LogP contribution in [-0.4, -0.2) is 51.4 Å². The Hall–Kier alpha value is -1.91. The zero-order valence-corrected chi connectivity index (χ0v) is 13.0. The van der Waals surface area contributed by atoms with Crippen molar-refractivity contribution >= 4 is 21.4 Å². The molecule has 0 aliphatic rings. The van der Waals surface area contributed by atoms with Gasteiger partial charge in [-0.25, -0.2) is 8.42 Å². The summed E-state index contributed by atoms with van der Waals surface area (Å²) in [5.41, 5.74) is 1.17. The minimum absolute atomic E-state index is 0.0841. The Bertz CT molecular complexity index is 618. The van der Waals surface area contributed by atoms with Crippen LogP contribution in [0.15, 0.2) is 24.3 Å². The molecule has 1 aromatic rings. The van der Waals surface area contributed by atoms with Crippen LogP contribution in [0.4, 0.5) is 5.69 Å². The lowest BCUT2D eigenvalue weighted by atomic mass is 10.2. The third-order valence-corrected chi connectivity index (χ3v) is 3.79. The van der Waals surface area contributed by atoms with Crippen LogP contribution in [0.25, 0.3) is 0 Å². The van der Waals surface area contributed by atoms with Gasteiger partial charge in [0.1, 0.15) is 9.84 Å². The maximum Gasteiger partial charge on any atom is 0.225 e. The van der Waals surface area contributed by atoms with E-state index in [-0.39, 0.29) is 18.1 Å². The van der Waals surface area contributed by atoms with Crippen LogP contribution in [-0.2, 0) is 14.6 Å². The fourth-order valence-corrected chi connectivity index (χ4v) is 2.22. The molecule has 0 spiro atoms. The SMILES string of the molecule is CN(CCC(=O)Nc1ccc(C#N)cc1)CCS(C)(=O)=O. The summed E-state index contributed by atoms with van der Waals surface area (Å²) in [7, 11) is -1.20. The van der Waals surface area contributed by atoms with Crippen molar-refractivity contribution in [2.24, 2.45) is 0 Å². The number of carbonyl (C=O) groups excluding carboxylic acids is 1. The largest absolute Gasteiger partial charge is 0.326 e. The molecule has 1 aromatic carbocycles. The Balaban J connectivity index is 2.35. The number of nitrogens with one attached hydrogen (secondary N) is 1. The van der Waals surface area contributed by atoms with E-state index in [0.29, 0.717) is 24.3 Å². The first kappa shape index (κ1) is 17.1. The number of amides is 1.